The van der Waals surface area contributed by atoms with Crippen LogP contribution < -0.4 is 5.56 Å². The fraction of sp³-hybridized carbons (Fsp3) is 0.500. The predicted molar refractivity (Wildman–Crippen MR) is 88.4 cm³/mol. The summed E-state index contributed by atoms with van der Waals surface area (Å²) in [4.78, 5) is 14.0. The Morgan fingerprint density at radius 3 is 2.35 bits per heavy atom. The lowest BCUT2D eigenvalue weighted by Gasteiger charge is -2.31. The molecule has 0 N–H and O–H groups in total. The minimum Gasteiger partial charge on any atom is -0.311 e. The van der Waals surface area contributed by atoms with Gasteiger partial charge < -0.3 is 4.57 Å². The summed E-state index contributed by atoms with van der Waals surface area (Å²) in [7, 11) is 1.43. The van der Waals surface area contributed by atoms with Crippen molar-refractivity contribution in [3.63, 3.8) is 0 Å². The highest BCUT2D eigenvalue weighted by Crippen LogP contribution is 2.36. The Morgan fingerprint density at radius 1 is 1.15 bits per heavy atom. The maximum Gasteiger partial charge on any atom is 0.417 e. The third-order valence-electron chi connectivity index (χ3n) is 4.97. The van der Waals surface area contributed by atoms with Gasteiger partial charge in [0.1, 0.15) is 0 Å². The molecule has 8 heteroatoms. The van der Waals surface area contributed by atoms with Crippen LogP contribution in [0, 0.1) is 6.92 Å². The Labute approximate surface area is 147 Å². The Balaban J connectivity index is 2.00. The highest BCUT2D eigenvalue weighted by molar-refractivity contribution is 5.84. The molecule has 0 radical (unpaired) electrons. The third kappa shape index (κ3) is 3.47. The summed E-state index contributed by atoms with van der Waals surface area (Å²) >= 11 is 0. The normalized spacial score (nSPS) is 18.4. The number of nitrogens with zero attached hydrogens (tertiary/aromatic N) is 2. The number of piperidine rings is 1. The molecule has 142 valence electrons. The zero-order chi connectivity index (χ0) is 19.3. The zero-order valence-electron chi connectivity index (χ0n) is 14.5. The maximum absolute atomic E-state index is 13.4. The average molecular weight is 374 g/mol. The molecule has 0 saturated carbocycles. The van der Waals surface area contributed by atoms with Gasteiger partial charge >= 0.3 is 6.18 Å². The van der Waals surface area contributed by atoms with Gasteiger partial charge in [-0.2, -0.15) is 13.2 Å². The van der Waals surface area contributed by atoms with Crippen LogP contribution in [0.1, 0.15) is 29.5 Å². The van der Waals surface area contributed by atoms with Crippen LogP contribution in [0.25, 0.3) is 10.9 Å². The number of benzene rings is 1. The van der Waals surface area contributed by atoms with E-state index in [1.54, 1.807) is 6.07 Å². The van der Waals surface area contributed by atoms with Crippen molar-refractivity contribution in [3.8, 4) is 0 Å². The molecule has 2 heterocycles. The van der Waals surface area contributed by atoms with Crippen molar-refractivity contribution in [2.45, 2.75) is 38.4 Å². The second kappa shape index (κ2) is 6.33. The first-order chi connectivity index (χ1) is 12.0. The summed E-state index contributed by atoms with van der Waals surface area (Å²) in [6.07, 6.45) is -5.08. The number of fused-ring (bicyclic) bond motifs is 1. The van der Waals surface area contributed by atoms with Crippen LogP contribution >= 0.6 is 0 Å². The van der Waals surface area contributed by atoms with E-state index in [-0.39, 0.29) is 42.4 Å². The molecule has 0 amide bonds. The average Bonchev–Trinajstić information content (AvgIpc) is 2.54. The second-order valence-corrected chi connectivity index (χ2v) is 6.85. The Hall–Kier alpha value is -1.96. The molecule has 1 aromatic carbocycles. The predicted octanol–water partition coefficient (Wildman–Crippen LogP) is 4.10. The molecule has 1 fully saturated rings. The van der Waals surface area contributed by atoms with Gasteiger partial charge in [-0.3, -0.25) is 9.69 Å². The molecule has 3 rings (SSSR count). The van der Waals surface area contributed by atoms with E-state index in [9.17, 15) is 26.7 Å². The number of alkyl halides is 5. The van der Waals surface area contributed by atoms with Crippen molar-refractivity contribution in [1.29, 1.82) is 0 Å². The molecule has 1 aliphatic rings. The summed E-state index contributed by atoms with van der Waals surface area (Å²) < 4.78 is 67.9. The number of pyridine rings is 1. The largest absolute Gasteiger partial charge is 0.417 e. The van der Waals surface area contributed by atoms with E-state index in [0.29, 0.717) is 12.1 Å². The fourth-order valence-electron chi connectivity index (χ4n) is 3.50. The molecule has 26 heavy (non-hydrogen) atoms. The minimum absolute atomic E-state index is 0.0361. The van der Waals surface area contributed by atoms with Gasteiger partial charge in [0.05, 0.1) is 11.1 Å². The van der Waals surface area contributed by atoms with E-state index in [0.717, 1.165) is 0 Å². The van der Waals surface area contributed by atoms with E-state index in [4.69, 9.17) is 0 Å². The van der Waals surface area contributed by atoms with Gasteiger partial charge in [-0.15, -0.1) is 0 Å². The fourth-order valence-corrected chi connectivity index (χ4v) is 3.50. The lowest BCUT2D eigenvalue weighted by molar-refractivity contribution is -0.136. The van der Waals surface area contributed by atoms with Gasteiger partial charge in [0.25, 0.3) is 11.5 Å². The third-order valence-corrected chi connectivity index (χ3v) is 4.97. The summed E-state index contributed by atoms with van der Waals surface area (Å²) in [5, 5.41) is -0.0361. The quantitative estimate of drug-likeness (QED) is 0.740. The highest BCUT2D eigenvalue weighted by atomic mass is 19.4. The van der Waals surface area contributed by atoms with Crippen molar-refractivity contribution in [2.24, 2.45) is 7.05 Å². The van der Waals surface area contributed by atoms with Crippen molar-refractivity contribution < 1.29 is 22.0 Å². The number of aryl methyl sites for hydroxylation is 1. The molecule has 0 bridgehead atoms. The van der Waals surface area contributed by atoms with Crippen LogP contribution in [-0.2, 0) is 19.8 Å². The van der Waals surface area contributed by atoms with Gasteiger partial charge in [0, 0.05) is 50.5 Å². The van der Waals surface area contributed by atoms with Crippen LogP contribution in [0.3, 0.4) is 0 Å². The number of hydrogen-bond donors (Lipinski definition) is 0. The van der Waals surface area contributed by atoms with E-state index in [1.165, 1.54) is 30.7 Å². The Morgan fingerprint density at radius 2 is 1.77 bits per heavy atom. The van der Waals surface area contributed by atoms with Gasteiger partial charge in [-0.1, -0.05) is 12.1 Å². The minimum atomic E-state index is -4.63. The zero-order valence-corrected chi connectivity index (χ0v) is 14.5. The molecule has 0 unspecified atom stereocenters. The number of hydrogen-bond acceptors (Lipinski definition) is 2. The van der Waals surface area contributed by atoms with Crippen molar-refractivity contribution in [1.82, 2.24) is 9.47 Å². The maximum atomic E-state index is 13.4. The van der Waals surface area contributed by atoms with E-state index in [2.05, 4.69) is 0 Å². The number of rotatable bonds is 2. The van der Waals surface area contributed by atoms with Gasteiger partial charge in [-0.05, 0) is 18.6 Å². The number of halogens is 5. The van der Waals surface area contributed by atoms with Crippen LogP contribution in [-0.4, -0.2) is 28.5 Å². The van der Waals surface area contributed by atoms with Gasteiger partial charge in [-0.25, -0.2) is 8.78 Å². The summed E-state index contributed by atoms with van der Waals surface area (Å²) in [5.41, 5.74) is -1.07. The Kier molecular flexibility index (Phi) is 4.58. The smallest absolute Gasteiger partial charge is 0.311 e. The van der Waals surface area contributed by atoms with Gasteiger partial charge in [0.15, 0.2) is 0 Å². The highest BCUT2D eigenvalue weighted by Gasteiger charge is 2.36. The molecule has 2 aromatic rings. The summed E-state index contributed by atoms with van der Waals surface area (Å²) in [5.74, 6) is -2.65. The standard InChI is InChI=1S/C18H19F5N2O/c1-11-15(18(21,22)23)13-4-3-12(9-14(13)24(2)16(11)26)10-25-7-5-17(19,20)6-8-25/h3-4,9H,5-8,10H2,1-2H3. The van der Waals surface area contributed by atoms with Crippen LogP contribution in [0.15, 0.2) is 23.0 Å². The lowest BCUT2D eigenvalue weighted by Crippen LogP contribution is -2.38. The van der Waals surface area contributed by atoms with Crippen molar-refractivity contribution >= 4 is 10.9 Å². The molecule has 0 atom stereocenters. The lowest BCUT2D eigenvalue weighted by atomic mass is 10.0. The molecule has 1 saturated heterocycles. The number of likely N-dealkylation sites (tertiary alicyclic amines) is 1. The first-order valence-corrected chi connectivity index (χ1v) is 8.29. The van der Waals surface area contributed by atoms with Crippen molar-refractivity contribution in [2.75, 3.05) is 13.1 Å². The SMILES string of the molecule is Cc1c(C(F)(F)F)c2ccc(CN3CCC(F)(F)CC3)cc2n(C)c1=O. The summed E-state index contributed by atoms with van der Waals surface area (Å²) in [6, 6.07) is 4.46. The molecule has 3 nitrogen and oxygen atoms in total. The first kappa shape index (κ1) is 18.8. The second-order valence-electron chi connectivity index (χ2n) is 6.85. The number of aromatic nitrogens is 1. The van der Waals surface area contributed by atoms with E-state index >= 15 is 0 Å². The Bertz CT molecular complexity index is 891. The van der Waals surface area contributed by atoms with Crippen LogP contribution in [0.4, 0.5) is 22.0 Å². The van der Waals surface area contributed by atoms with Gasteiger partial charge in [0.2, 0.25) is 0 Å². The molecular weight excluding hydrogens is 355 g/mol. The van der Waals surface area contributed by atoms with Crippen LogP contribution in [0.5, 0.6) is 0 Å². The summed E-state index contributed by atoms with van der Waals surface area (Å²) in [6.45, 7) is 1.99. The van der Waals surface area contributed by atoms with Crippen molar-refractivity contribution in [3.05, 3.63) is 45.2 Å². The van der Waals surface area contributed by atoms with E-state index in [1.807, 2.05) is 4.90 Å². The molecule has 1 aromatic heterocycles. The van der Waals surface area contributed by atoms with Crippen LogP contribution in [0.2, 0.25) is 0 Å². The molecular formula is C18H19F5N2O. The monoisotopic (exact) mass is 374 g/mol. The molecule has 0 aliphatic carbocycles. The topological polar surface area (TPSA) is 25.2 Å². The molecule has 1 aliphatic heterocycles. The van der Waals surface area contributed by atoms with E-state index < -0.39 is 23.2 Å². The first-order valence-electron chi connectivity index (χ1n) is 8.29. The molecule has 0 spiro atoms.